The third-order valence-corrected chi connectivity index (χ3v) is 4.97. The molecule has 0 amide bonds. The van der Waals surface area contributed by atoms with Gasteiger partial charge in [-0.25, -0.2) is 4.98 Å². The Morgan fingerprint density at radius 2 is 2.10 bits per heavy atom. The van der Waals surface area contributed by atoms with Crippen LogP contribution in [0, 0.1) is 0 Å². The molecule has 0 unspecified atom stereocenters. The predicted octanol–water partition coefficient (Wildman–Crippen LogP) is 2.35. The second-order valence-corrected chi connectivity index (χ2v) is 7.28. The number of aromatic nitrogens is 1. The van der Waals surface area contributed by atoms with E-state index in [-0.39, 0.29) is 0 Å². The summed E-state index contributed by atoms with van der Waals surface area (Å²) in [6, 6.07) is 0.764. The Morgan fingerprint density at radius 1 is 1.35 bits per heavy atom. The number of hydrogen-bond acceptors (Lipinski definition) is 5. The van der Waals surface area contributed by atoms with Crippen LogP contribution < -0.4 is 5.32 Å². The Bertz CT molecular complexity index is 436. The van der Waals surface area contributed by atoms with E-state index >= 15 is 0 Å². The Labute approximate surface area is 125 Å². The molecule has 20 heavy (non-hydrogen) atoms. The molecular weight excluding hydrogens is 270 g/mol. The van der Waals surface area contributed by atoms with E-state index in [1.54, 1.807) is 0 Å². The lowest BCUT2D eigenvalue weighted by molar-refractivity contribution is 0.0341. The molecule has 1 aromatic rings. The van der Waals surface area contributed by atoms with Crippen molar-refractivity contribution in [2.75, 3.05) is 26.3 Å². The fourth-order valence-corrected chi connectivity index (χ4v) is 3.75. The minimum atomic E-state index is 0.515. The van der Waals surface area contributed by atoms with E-state index in [9.17, 15) is 0 Å². The van der Waals surface area contributed by atoms with Crippen LogP contribution in [0.4, 0.5) is 0 Å². The lowest BCUT2D eigenvalue weighted by atomic mass is 10.1. The molecule has 3 rings (SSSR count). The predicted molar refractivity (Wildman–Crippen MR) is 82.2 cm³/mol. The zero-order chi connectivity index (χ0) is 13.9. The van der Waals surface area contributed by atoms with Gasteiger partial charge >= 0.3 is 0 Å². The maximum absolute atomic E-state index is 5.41. The molecule has 0 aromatic carbocycles. The first kappa shape index (κ1) is 14.4. The number of nitrogens with zero attached hydrogens (tertiary/aromatic N) is 2. The fourth-order valence-electron chi connectivity index (χ4n) is 2.53. The van der Waals surface area contributed by atoms with E-state index in [1.807, 2.05) is 11.3 Å². The van der Waals surface area contributed by atoms with Gasteiger partial charge in [0.25, 0.3) is 0 Å². The summed E-state index contributed by atoms with van der Waals surface area (Å²) in [6.07, 6.45) is 2.69. The van der Waals surface area contributed by atoms with E-state index in [1.165, 1.54) is 28.4 Å². The number of ether oxygens (including phenoxy) is 1. The van der Waals surface area contributed by atoms with Crippen LogP contribution in [0.1, 0.15) is 48.2 Å². The topological polar surface area (TPSA) is 37.4 Å². The van der Waals surface area contributed by atoms with Gasteiger partial charge in [0.05, 0.1) is 25.5 Å². The van der Waals surface area contributed by atoms with Crippen LogP contribution in [-0.4, -0.2) is 42.2 Å². The van der Waals surface area contributed by atoms with Crippen molar-refractivity contribution in [3.63, 3.8) is 0 Å². The van der Waals surface area contributed by atoms with E-state index in [0.29, 0.717) is 5.92 Å². The van der Waals surface area contributed by atoms with E-state index in [0.717, 1.165) is 45.4 Å². The van der Waals surface area contributed by atoms with Gasteiger partial charge < -0.3 is 10.1 Å². The number of morpholine rings is 1. The van der Waals surface area contributed by atoms with Crippen LogP contribution in [0.15, 0.2) is 0 Å². The molecule has 1 aliphatic carbocycles. The molecule has 0 atom stereocenters. The van der Waals surface area contributed by atoms with E-state index in [4.69, 9.17) is 9.72 Å². The fraction of sp³-hybridized carbons (Fsp3) is 0.800. The molecule has 0 spiro atoms. The summed E-state index contributed by atoms with van der Waals surface area (Å²) >= 11 is 1.90. The molecule has 1 aliphatic heterocycles. The lowest BCUT2D eigenvalue weighted by Crippen LogP contribution is -2.35. The van der Waals surface area contributed by atoms with Crippen LogP contribution in [0.25, 0.3) is 0 Å². The first-order valence-corrected chi connectivity index (χ1v) is 8.56. The number of rotatable bonds is 6. The molecule has 1 saturated heterocycles. The zero-order valence-corrected chi connectivity index (χ0v) is 13.3. The summed E-state index contributed by atoms with van der Waals surface area (Å²) in [6.45, 7) is 10.3. The van der Waals surface area contributed by atoms with E-state index in [2.05, 4.69) is 24.1 Å². The molecule has 112 valence electrons. The average molecular weight is 295 g/mol. The summed E-state index contributed by atoms with van der Waals surface area (Å²) in [4.78, 5) is 8.79. The summed E-state index contributed by atoms with van der Waals surface area (Å²) in [5.41, 5.74) is 1.30. The van der Waals surface area contributed by atoms with Crippen molar-refractivity contribution < 1.29 is 4.74 Å². The van der Waals surface area contributed by atoms with Crippen molar-refractivity contribution in [3.05, 3.63) is 15.6 Å². The monoisotopic (exact) mass is 295 g/mol. The molecule has 2 fully saturated rings. The SMILES string of the molecule is CC(C)c1nc(CN2CCOCC2)sc1CNC1CC1. The Balaban J connectivity index is 1.64. The summed E-state index contributed by atoms with van der Waals surface area (Å²) < 4.78 is 5.41. The summed E-state index contributed by atoms with van der Waals surface area (Å²) in [5.74, 6) is 0.515. The Kier molecular flexibility index (Phi) is 4.71. The van der Waals surface area contributed by atoms with Crippen molar-refractivity contribution in [3.8, 4) is 0 Å². The van der Waals surface area contributed by atoms with E-state index < -0.39 is 0 Å². The zero-order valence-electron chi connectivity index (χ0n) is 12.5. The minimum absolute atomic E-state index is 0.515. The number of thiazole rings is 1. The molecule has 4 nitrogen and oxygen atoms in total. The molecule has 0 radical (unpaired) electrons. The van der Waals surface area contributed by atoms with Crippen molar-refractivity contribution in [1.82, 2.24) is 15.2 Å². The maximum Gasteiger partial charge on any atom is 0.107 e. The Hall–Kier alpha value is -0.490. The normalized spacial score (nSPS) is 20.8. The van der Waals surface area contributed by atoms with Crippen molar-refractivity contribution in [2.24, 2.45) is 0 Å². The van der Waals surface area contributed by atoms with Crippen LogP contribution in [-0.2, 0) is 17.8 Å². The average Bonchev–Trinajstić information content (AvgIpc) is 3.18. The highest BCUT2D eigenvalue weighted by Crippen LogP contribution is 2.27. The smallest absolute Gasteiger partial charge is 0.107 e. The number of nitrogens with one attached hydrogen (secondary N) is 1. The van der Waals surface area contributed by atoms with Gasteiger partial charge in [0.2, 0.25) is 0 Å². The molecule has 2 heterocycles. The first-order valence-electron chi connectivity index (χ1n) is 7.74. The van der Waals surface area contributed by atoms with Crippen molar-refractivity contribution >= 4 is 11.3 Å². The van der Waals surface area contributed by atoms with Gasteiger partial charge in [-0.3, -0.25) is 4.90 Å². The summed E-state index contributed by atoms with van der Waals surface area (Å²) in [7, 11) is 0. The molecule has 1 saturated carbocycles. The third kappa shape index (κ3) is 3.79. The van der Waals surface area contributed by atoms with Crippen molar-refractivity contribution in [2.45, 2.75) is 51.7 Å². The summed E-state index contributed by atoms with van der Waals surface area (Å²) in [5, 5.41) is 4.89. The quantitative estimate of drug-likeness (QED) is 0.874. The highest BCUT2D eigenvalue weighted by Gasteiger charge is 2.22. The number of hydrogen-bond donors (Lipinski definition) is 1. The van der Waals surface area contributed by atoms with Gasteiger partial charge in [0.1, 0.15) is 5.01 Å². The van der Waals surface area contributed by atoms with Gasteiger partial charge in [0, 0.05) is 30.6 Å². The first-order chi connectivity index (χ1) is 9.72. The molecule has 5 heteroatoms. The van der Waals surface area contributed by atoms with Crippen LogP contribution in [0.3, 0.4) is 0 Å². The molecule has 2 aliphatic rings. The standard InChI is InChI=1S/C15H25N3OS/c1-11(2)15-13(9-16-12-3-4-12)20-14(17-15)10-18-5-7-19-8-6-18/h11-12,16H,3-10H2,1-2H3. The Morgan fingerprint density at radius 3 is 2.75 bits per heavy atom. The molecule has 1 aromatic heterocycles. The van der Waals surface area contributed by atoms with Crippen LogP contribution in [0.2, 0.25) is 0 Å². The molecular formula is C15H25N3OS. The minimum Gasteiger partial charge on any atom is -0.379 e. The molecule has 0 bridgehead atoms. The van der Waals surface area contributed by atoms with Gasteiger partial charge in [-0.2, -0.15) is 0 Å². The largest absolute Gasteiger partial charge is 0.379 e. The second-order valence-electron chi connectivity index (χ2n) is 6.11. The second kappa shape index (κ2) is 6.52. The van der Waals surface area contributed by atoms with Crippen LogP contribution >= 0.6 is 11.3 Å². The van der Waals surface area contributed by atoms with Crippen LogP contribution in [0.5, 0.6) is 0 Å². The van der Waals surface area contributed by atoms with Crippen molar-refractivity contribution in [1.29, 1.82) is 0 Å². The van der Waals surface area contributed by atoms with Gasteiger partial charge in [-0.1, -0.05) is 13.8 Å². The lowest BCUT2D eigenvalue weighted by Gasteiger charge is -2.25. The maximum atomic E-state index is 5.41. The highest BCUT2D eigenvalue weighted by molar-refractivity contribution is 7.11. The molecule has 1 N–H and O–H groups in total. The van der Waals surface area contributed by atoms with Gasteiger partial charge in [0.15, 0.2) is 0 Å². The highest BCUT2D eigenvalue weighted by atomic mass is 32.1. The van der Waals surface area contributed by atoms with Gasteiger partial charge in [-0.15, -0.1) is 11.3 Å². The third-order valence-electron chi connectivity index (χ3n) is 3.91. The van der Waals surface area contributed by atoms with Gasteiger partial charge in [-0.05, 0) is 18.8 Å².